The Morgan fingerprint density at radius 3 is 2.19 bits per heavy atom. The lowest BCUT2D eigenvalue weighted by molar-refractivity contribution is 0.210. The number of hydrogen-bond donors (Lipinski definition) is 0. The van der Waals surface area contributed by atoms with Crippen molar-refractivity contribution in [1.29, 1.82) is 0 Å². The molecule has 0 atom stereocenters. The number of piperidine rings is 2. The maximum Gasteiger partial charge on any atom is 0.142 e. The van der Waals surface area contributed by atoms with Gasteiger partial charge in [0, 0.05) is 24.4 Å². The Kier molecular flexibility index (Phi) is 11.6. The zero-order valence-electron chi connectivity index (χ0n) is 28.6. The minimum atomic E-state index is 0.241. The molecule has 3 aliphatic rings. The van der Waals surface area contributed by atoms with Crippen LogP contribution in [0.3, 0.4) is 0 Å². The number of methoxy groups -OCH3 is 1. The average molecular weight is 586 g/mol. The van der Waals surface area contributed by atoms with Gasteiger partial charge in [0.05, 0.1) is 18.5 Å². The van der Waals surface area contributed by atoms with Gasteiger partial charge in [-0.15, -0.1) is 0 Å². The van der Waals surface area contributed by atoms with Crippen LogP contribution in [0.25, 0.3) is 5.70 Å². The van der Waals surface area contributed by atoms with Crippen molar-refractivity contribution < 1.29 is 4.74 Å². The molecule has 2 saturated heterocycles. The summed E-state index contributed by atoms with van der Waals surface area (Å²) in [6.45, 7) is 22.3. The van der Waals surface area contributed by atoms with E-state index >= 15 is 0 Å². The van der Waals surface area contributed by atoms with Crippen molar-refractivity contribution in [2.45, 2.75) is 111 Å². The number of benzene rings is 2. The molecule has 4 heteroatoms. The SMILES string of the molecule is C/C=C(\N=C(C)C1CCN(CCC)CC1)c1ccc2c(c1)C(C)(C)CCC2(C)C.COc1ccccc1N1CCCCC1. The van der Waals surface area contributed by atoms with Crippen molar-refractivity contribution in [3.05, 3.63) is 65.2 Å². The Hall–Kier alpha value is -2.59. The largest absolute Gasteiger partial charge is 0.495 e. The van der Waals surface area contributed by atoms with E-state index in [0.29, 0.717) is 5.92 Å². The number of likely N-dealkylation sites (tertiary alicyclic amines) is 1. The molecule has 2 aliphatic heterocycles. The number of allylic oxidation sites excluding steroid dienone is 1. The first-order chi connectivity index (χ1) is 20.6. The van der Waals surface area contributed by atoms with Gasteiger partial charge in [0.1, 0.15) is 5.75 Å². The molecular weight excluding hydrogens is 526 g/mol. The topological polar surface area (TPSA) is 28.1 Å². The number of rotatable bonds is 7. The van der Waals surface area contributed by atoms with Crippen LogP contribution < -0.4 is 9.64 Å². The van der Waals surface area contributed by atoms with Crippen LogP contribution in [0.5, 0.6) is 5.75 Å². The highest BCUT2D eigenvalue weighted by Crippen LogP contribution is 2.46. The number of nitrogens with zero attached hydrogens (tertiary/aromatic N) is 3. The Balaban J connectivity index is 0.000000251. The fourth-order valence-corrected chi connectivity index (χ4v) is 7.24. The highest BCUT2D eigenvalue weighted by atomic mass is 16.5. The van der Waals surface area contributed by atoms with Crippen molar-refractivity contribution in [3.8, 4) is 5.75 Å². The summed E-state index contributed by atoms with van der Waals surface area (Å²) >= 11 is 0. The third-order valence-electron chi connectivity index (χ3n) is 10.2. The number of fused-ring (bicyclic) bond motifs is 1. The van der Waals surface area contributed by atoms with Gasteiger partial charge in [-0.2, -0.15) is 0 Å². The zero-order valence-corrected chi connectivity index (χ0v) is 28.6. The lowest BCUT2D eigenvalue weighted by Gasteiger charge is -2.42. The smallest absolute Gasteiger partial charge is 0.142 e. The number of para-hydroxylation sites is 2. The van der Waals surface area contributed by atoms with E-state index in [2.05, 4.69) is 94.7 Å². The van der Waals surface area contributed by atoms with Crippen LogP contribution in [0.2, 0.25) is 0 Å². The molecule has 0 spiro atoms. The molecule has 0 bridgehead atoms. The fraction of sp³-hybridized carbons (Fsp3) is 0.615. The molecule has 5 rings (SSSR count). The molecule has 0 radical (unpaired) electrons. The summed E-state index contributed by atoms with van der Waals surface area (Å²) in [5, 5.41) is 0. The molecule has 0 unspecified atom stereocenters. The quantitative estimate of drug-likeness (QED) is 0.303. The monoisotopic (exact) mass is 585 g/mol. The van der Waals surface area contributed by atoms with Gasteiger partial charge in [0.2, 0.25) is 0 Å². The van der Waals surface area contributed by atoms with Crippen LogP contribution in [-0.4, -0.2) is 50.4 Å². The average Bonchev–Trinajstić information content (AvgIpc) is 3.03. The van der Waals surface area contributed by atoms with Crippen LogP contribution in [0.4, 0.5) is 5.69 Å². The summed E-state index contributed by atoms with van der Waals surface area (Å²) < 4.78 is 5.36. The maximum absolute atomic E-state index is 5.36. The summed E-state index contributed by atoms with van der Waals surface area (Å²) in [7, 11) is 1.74. The van der Waals surface area contributed by atoms with Crippen LogP contribution in [0.1, 0.15) is 117 Å². The molecule has 0 N–H and O–H groups in total. The summed E-state index contributed by atoms with van der Waals surface area (Å²) in [4.78, 5) is 10.2. The molecule has 0 aromatic heterocycles. The van der Waals surface area contributed by atoms with Gasteiger partial charge < -0.3 is 14.5 Å². The standard InChI is InChI=1S/C27H42N2.C12H17NO/c1-8-16-29-17-12-21(13-18-29)20(3)28-25(9-2)22-10-11-23-24(19-22)27(6,7)15-14-26(23,4)5;1-14-12-8-4-3-7-11(12)13-9-5-2-6-10-13/h9-11,19,21H,8,12-18H2,1-7H3;3-4,7-8H,2,5-6,9-10H2,1H3/b25-9-,28-20?;. The lowest BCUT2D eigenvalue weighted by Crippen LogP contribution is -2.36. The van der Waals surface area contributed by atoms with Crippen molar-refractivity contribution >= 4 is 17.1 Å². The van der Waals surface area contributed by atoms with Crippen molar-refractivity contribution in [1.82, 2.24) is 4.90 Å². The molecule has 2 aromatic carbocycles. The predicted octanol–water partition coefficient (Wildman–Crippen LogP) is 9.66. The molecule has 2 heterocycles. The number of aliphatic imine (C=N–C) groups is 1. The summed E-state index contributed by atoms with van der Waals surface area (Å²) in [6.07, 6.45) is 12.4. The highest BCUT2D eigenvalue weighted by molar-refractivity contribution is 5.90. The molecule has 1 aliphatic carbocycles. The van der Waals surface area contributed by atoms with E-state index in [0.717, 1.165) is 11.4 Å². The van der Waals surface area contributed by atoms with Crippen LogP contribution >= 0.6 is 0 Å². The van der Waals surface area contributed by atoms with Gasteiger partial charge in [-0.3, -0.25) is 4.99 Å². The first-order valence-corrected chi connectivity index (χ1v) is 17.1. The van der Waals surface area contributed by atoms with E-state index in [9.17, 15) is 0 Å². The Bertz CT molecular complexity index is 1240. The zero-order chi connectivity index (χ0) is 31.0. The number of ether oxygens (including phenoxy) is 1. The van der Waals surface area contributed by atoms with E-state index in [4.69, 9.17) is 9.73 Å². The molecule has 2 aromatic rings. The molecule has 4 nitrogen and oxygen atoms in total. The van der Waals surface area contributed by atoms with Crippen LogP contribution in [0, 0.1) is 5.92 Å². The predicted molar refractivity (Wildman–Crippen MR) is 187 cm³/mol. The summed E-state index contributed by atoms with van der Waals surface area (Å²) in [6, 6.07) is 15.4. The fourth-order valence-electron chi connectivity index (χ4n) is 7.24. The van der Waals surface area contributed by atoms with E-state index in [1.165, 1.54) is 112 Å². The van der Waals surface area contributed by atoms with Gasteiger partial charge in [0.15, 0.2) is 0 Å². The second-order valence-electron chi connectivity index (χ2n) is 14.3. The van der Waals surface area contributed by atoms with Gasteiger partial charge in [-0.1, -0.05) is 65.0 Å². The van der Waals surface area contributed by atoms with Crippen LogP contribution in [0.15, 0.2) is 53.5 Å². The van der Waals surface area contributed by atoms with Gasteiger partial charge in [-0.05, 0) is 131 Å². The normalized spacial score (nSPS) is 21.1. The van der Waals surface area contributed by atoms with E-state index < -0.39 is 0 Å². The third kappa shape index (κ3) is 8.32. The minimum Gasteiger partial charge on any atom is -0.495 e. The minimum absolute atomic E-state index is 0.241. The summed E-state index contributed by atoms with van der Waals surface area (Å²) in [5.41, 5.74) is 8.53. The van der Waals surface area contributed by atoms with Crippen molar-refractivity contribution in [2.75, 3.05) is 44.7 Å². The molecular formula is C39H59N3O. The molecule has 0 amide bonds. The highest BCUT2D eigenvalue weighted by Gasteiger charge is 2.37. The first-order valence-electron chi connectivity index (χ1n) is 17.1. The Morgan fingerprint density at radius 2 is 1.56 bits per heavy atom. The molecule has 236 valence electrons. The molecule has 43 heavy (non-hydrogen) atoms. The van der Waals surface area contributed by atoms with E-state index in [1.807, 2.05) is 12.1 Å². The first kappa shape index (κ1) is 33.3. The lowest BCUT2D eigenvalue weighted by atomic mass is 9.63. The molecule has 0 saturated carbocycles. The van der Waals surface area contributed by atoms with Crippen LogP contribution in [-0.2, 0) is 10.8 Å². The Labute approximate surface area is 263 Å². The summed E-state index contributed by atoms with van der Waals surface area (Å²) in [5.74, 6) is 1.63. The Morgan fingerprint density at radius 1 is 0.907 bits per heavy atom. The second kappa shape index (κ2) is 14.9. The van der Waals surface area contributed by atoms with E-state index in [1.54, 1.807) is 7.11 Å². The van der Waals surface area contributed by atoms with Gasteiger partial charge >= 0.3 is 0 Å². The third-order valence-corrected chi connectivity index (χ3v) is 10.2. The van der Waals surface area contributed by atoms with Gasteiger partial charge in [0.25, 0.3) is 0 Å². The number of anilines is 1. The maximum atomic E-state index is 5.36. The van der Waals surface area contributed by atoms with Gasteiger partial charge in [-0.25, -0.2) is 0 Å². The van der Waals surface area contributed by atoms with Crippen molar-refractivity contribution in [2.24, 2.45) is 10.9 Å². The second-order valence-corrected chi connectivity index (χ2v) is 14.3. The number of hydrogen-bond acceptors (Lipinski definition) is 4. The molecule has 2 fully saturated rings. The van der Waals surface area contributed by atoms with E-state index in [-0.39, 0.29) is 10.8 Å². The van der Waals surface area contributed by atoms with Crippen molar-refractivity contribution in [3.63, 3.8) is 0 Å².